The first kappa shape index (κ1) is 14.6. The Labute approximate surface area is 121 Å². The Bertz CT molecular complexity index is 633. The molecule has 0 atom stereocenters. The van der Waals surface area contributed by atoms with Crippen LogP contribution in [0.4, 0.5) is 11.4 Å². The molecule has 1 aromatic carbocycles. The van der Waals surface area contributed by atoms with E-state index in [1.807, 2.05) is 12.1 Å². The number of carbonyl (C=O) groups is 2. The topological polar surface area (TPSA) is 116 Å². The van der Waals surface area contributed by atoms with E-state index in [0.717, 1.165) is 5.56 Å². The summed E-state index contributed by atoms with van der Waals surface area (Å²) in [6, 6.07) is 7.41. The highest BCUT2D eigenvalue weighted by Crippen LogP contribution is 2.09. The van der Waals surface area contributed by atoms with Crippen LogP contribution in [-0.4, -0.2) is 21.6 Å². The van der Waals surface area contributed by atoms with Crippen molar-refractivity contribution < 1.29 is 9.59 Å². The fraction of sp³-hybridized carbons (Fsp3) is 0.214. The van der Waals surface area contributed by atoms with E-state index in [4.69, 9.17) is 11.5 Å². The van der Waals surface area contributed by atoms with Crippen molar-refractivity contribution in [3.05, 3.63) is 42.2 Å². The molecule has 0 saturated heterocycles. The predicted molar refractivity (Wildman–Crippen MR) is 79.2 cm³/mol. The van der Waals surface area contributed by atoms with Gasteiger partial charge in [-0.2, -0.15) is 5.10 Å². The highest BCUT2D eigenvalue weighted by molar-refractivity contribution is 5.90. The molecule has 0 saturated carbocycles. The van der Waals surface area contributed by atoms with E-state index in [9.17, 15) is 9.59 Å². The van der Waals surface area contributed by atoms with Crippen molar-refractivity contribution in [2.75, 3.05) is 11.1 Å². The lowest BCUT2D eigenvalue weighted by Gasteiger charge is -2.03. The summed E-state index contributed by atoms with van der Waals surface area (Å²) in [4.78, 5) is 22.6. The van der Waals surface area contributed by atoms with Crippen molar-refractivity contribution in [2.45, 2.75) is 19.4 Å². The van der Waals surface area contributed by atoms with E-state index in [1.165, 1.54) is 10.9 Å². The molecular weight excluding hydrogens is 270 g/mol. The second kappa shape index (κ2) is 6.56. The van der Waals surface area contributed by atoms with Crippen molar-refractivity contribution in [1.82, 2.24) is 9.78 Å². The third-order valence-corrected chi connectivity index (χ3v) is 2.86. The highest BCUT2D eigenvalue weighted by Gasteiger charge is 2.06. The van der Waals surface area contributed by atoms with Crippen molar-refractivity contribution in [2.24, 2.45) is 5.73 Å². The zero-order valence-electron chi connectivity index (χ0n) is 11.5. The third kappa shape index (κ3) is 4.64. The highest BCUT2D eigenvalue weighted by atomic mass is 16.2. The molecule has 1 heterocycles. The van der Waals surface area contributed by atoms with E-state index in [1.54, 1.807) is 18.3 Å². The van der Waals surface area contributed by atoms with Crippen molar-refractivity contribution >= 4 is 23.2 Å². The molecule has 1 aromatic heterocycles. The largest absolute Gasteiger partial charge is 0.399 e. The number of hydrogen-bond donors (Lipinski definition) is 3. The maximum absolute atomic E-state index is 11.8. The van der Waals surface area contributed by atoms with Crippen molar-refractivity contribution in [3.8, 4) is 0 Å². The van der Waals surface area contributed by atoms with Crippen LogP contribution in [0, 0.1) is 0 Å². The van der Waals surface area contributed by atoms with Gasteiger partial charge in [-0.3, -0.25) is 14.3 Å². The number of amides is 2. The van der Waals surface area contributed by atoms with Crippen LogP contribution in [0.1, 0.15) is 12.0 Å². The molecule has 110 valence electrons. The van der Waals surface area contributed by atoms with Gasteiger partial charge in [0.05, 0.1) is 11.9 Å². The van der Waals surface area contributed by atoms with Crippen LogP contribution in [-0.2, 0) is 22.6 Å². The first-order chi connectivity index (χ1) is 10.0. The smallest absolute Gasteiger partial charge is 0.239 e. The minimum absolute atomic E-state index is 0.0126. The first-order valence-electron chi connectivity index (χ1n) is 6.48. The summed E-state index contributed by atoms with van der Waals surface area (Å²) >= 11 is 0. The number of benzene rings is 1. The number of primary amides is 1. The van der Waals surface area contributed by atoms with E-state index in [2.05, 4.69) is 10.4 Å². The summed E-state index contributed by atoms with van der Waals surface area (Å²) in [5.74, 6) is -0.607. The van der Waals surface area contributed by atoms with Gasteiger partial charge in [-0.05, 0) is 24.1 Å². The summed E-state index contributed by atoms with van der Waals surface area (Å²) < 4.78 is 1.37. The summed E-state index contributed by atoms with van der Waals surface area (Å²) in [7, 11) is 0. The van der Waals surface area contributed by atoms with Gasteiger partial charge in [0.2, 0.25) is 11.8 Å². The number of aromatic nitrogens is 2. The molecule has 7 heteroatoms. The molecule has 7 nitrogen and oxygen atoms in total. The zero-order chi connectivity index (χ0) is 15.2. The van der Waals surface area contributed by atoms with Gasteiger partial charge >= 0.3 is 0 Å². The summed E-state index contributed by atoms with van der Waals surface area (Å²) in [6.07, 6.45) is 4.02. The minimum atomic E-state index is -0.487. The monoisotopic (exact) mass is 287 g/mol. The van der Waals surface area contributed by atoms with E-state index in [-0.39, 0.29) is 12.5 Å². The standard InChI is InChI=1S/C14H17N5O2/c15-11-4-1-10(2-5-11)3-6-14(21)18-12-7-17-19(8-12)9-13(16)20/h1-2,4-5,7-8H,3,6,9,15H2,(H2,16,20)(H,18,21). The number of nitrogens with two attached hydrogens (primary N) is 2. The Balaban J connectivity index is 1.82. The molecule has 0 aliphatic heterocycles. The Hall–Kier alpha value is -2.83. The van der Waals surface area contributed by atoms with E-state index in [0.29, 0.717) is 24.2 Å². The molecule has 21 heavy (non-hydrogen) atoms. The van der Waals surface area contributed by atoms with Gasteiger partial charge in [-0.1, -0.05) is 12.1 Å². The summed E-state index contributed by atoms with van der Waals surface area (Å²) in [6.45, 7) is -0.0126. The SMILES string of the molecule is NC(=O)Cn1cc(NC(=O)CCc2ccc(N)cc2)cn1. The van der Waals surface area contributed by atoms with Gasteiger partial charge < -0.3 is 16.8 Å². The average Bonchev–Trinajstić information content (AvgIpc) is 2.84. The van der Waals surface area contributed by atoms with Crippen molar-refractivity contribution in [3.63, 3.8) is 0 Å². The number of carbonyl (C=O) groups excluding carboxylic acids is 2. The van der Waals surface area contributed by atoms with Gasteiger partial charge in [0, 0.05) is 18.3 Å². The molecule has 5 N–H and O–H groups in total. The second-order valence-corrected chi connectivity index (χ2v) is 4.68. The number of nitrogens with zero attached hydrogens (tertiary/aromatic N) is 2. The summed E-state index contributed by atoms with van der Waals surface area (Å²) in [5, 5.41) is 6.64. The van der Waals surface area contributed by atoms with Crippen LogP contribution in [0.2, 0.25) is 0 Å². The molecule has 2 aromatic rings. The molecule has 2 amide bonds. The molecular formula is C14H17N5O2. The van der Waals surface area contributed by atoms with Gasteiger partial charge in [0.25, 0.3) is 0 Å². The molecule has 0 unspecified atom stereocenters. The molecule has 0 aliphatic carbocycles. The van der Waals surface area contributed by atoms with Crippen LogP contribution >= 0.6 is 0 Å². The molecule has 0 aliphatic rings. The maximum Gasteiger partial charge on any atom is 0.239 e. The normalized spacial score (nSPS) is 10.3. The number of hydrogen-bond acceptors (Lipinski definition) is 4. The number of aryl methyl sites for hydroxylation is 1. The molecule has 0 bridgehead atoms. The zero-order valence-corrected chi connectivity index (χ0v) is 11.5. The van der Waals surface area contributed by atoms with E-state index >= 15 is 0 Å². The van der Waals surface area contributed by atoms with Crippen LogP contribution < -0.4 is 16.8 Å². The van der Waals surface area contributed by atoms with Crippen molar-refractivity contribution in [1.29, 1.82) is 0 Å². The quantitative estimate of drug-likeness (QED) is 0.671. The van der Waals surface area contributed by atoms with Crippen LogP contribution in [0.15, 0.2) is 36.7 Å². The van der Waals surface area contributed by atoms with E-state index < -0.39 is 5.91 Å². The minimum Gasteiger partial charge on any atom is -0.399 e. The van der Waals surface area contributed by atoms with Gasteiger partial charge in [-0.15, -0.1) is 0 Å². The fourth-order valence-electron chi connectivity index (χ4n) is 1.84. The fourth-order valence-corrected chi connectivity index (χ4v) is 1.84. The second-order valence-electron chi connectivity index (χ2n) is 4.68. The van der Waals surface area contributed by atoms with Gasteiger partial charge in [-0.25, -0.2) is 0 Å². The lowest BCUT2D eigenvalue weighted by atomic mass is 10.1. The van der Waals surface area contributed by atoms with Crippen LogP contribution in [0.5, 0.6) is 0 Å². The number of nitrogens with one attached hydrogen (secondary N) is 1. The first-order valence-corrected chi connectivity index (χ1v) is 6.48. The van der Waals surface area contributed by atoms with Crippen LogP contribution in [0.3, 0.4) is 0 Å². The van der Waals surface area contributed by atoms with Crippen LogP contribution in [0.25, 0.3) is 0 Å². The van der Waals surface area contributed by atoms with Gasteiger partial charge in [0.1, 0.15) is 6.54 Å². The maximum atomic E-state index is 11.8. The Morgan fingerprint density at radius 2 is 1.95 bits per heavy atom. The Morgan fingerprint density at radius 1 is 1.24 bits per heavy atom. The molecule has 0 fully saturated rings. The molecule has 2 rings (SSSR count). The Morgan fingerprint density at radius 3 is 2.62 bits per heavy atom. The third-order valence-electron chi connectivity index (χ3n) is 2.86. The lowest BCUT2D eigenvalue weighted by Crippen LogP contribution is -2.18. The number of nitrogen functional groups attached to an aromatic ring is 1. The van der Waals surface area contributed by atoms with Gasteiger partial charge in [0.15, 0.2) is 0 Å². The lowest BCUT2D eigenvalue weighted by molar-refractivity contribution is -0.118. The average molecular weight is 287 g/mol. The Kier molecular flexibility index (Phi) is 4.55. The number of anilines is 2. The molecule has 0 spiro atoms. The number of rotatable bonds is 6. The molecule has 0 radical (unpaired) electrons. The summed E-state index contributed by atoms with van der Waals surface area (Å²) in [5.41, 5.74) is 12.9. The predicted octanol–water partition coefficient (Wildman–Crippen LogP) is 0.522.